The molecule has 1 aromatic carbocycles. The highest BCUT2D eigenvalue weighted by molar-refractivity contribution is 6.31. The lowest BCUT2D eigenvalue weighted by atomic mass is 9.92. The van der Waals surface area contributed by atoms with Crippen molar-refractivity contribution in [3.05, 3.63) is 27.8 Å². The number of hydrogen-bond donors (Lipinski definition) is 1. The van der Waals surface area contributed by atoms with E-state index in [-0.39, 0.29) is 0 Å². The molecule has 2 N–H and O–H groups in total. The van der Waals surface area contributed by atoms with Crippen molar-refractivity contribution in [3.8, 4) is 5.75 Å². The molecule has 0 aliphatic rings. The molecular weight excluding hydrogens is 258 g/mol. The first kappa shape index (κ1) is 16.3. The van der Waals surface area contributed by atoms with Gasteiger partial charge in [0.25, 0.3) is 0 Å². The van der Waals surface area contributed by atoms with Crippen LogP contribution < -0.4 is 10.5 Å². The number of hydrogen-bond acceptors (Lipinski definition) is 2. The van der Waals surface area contributed by atoms with Gasteiger partial charge in [0.15, 0.2) is 0 Å². The van der Waals surface area contributed by atoms with Gasteiger partial charge in [0.05, 0.1) is 6.61 Å². The van der Waals surface area contributed by atoms with Gasteiger partial charge in [-0.3, -0.25) is 0 Å². The van der Waals surface area contributed by atoms with Crippen LogP contribution in [0.4, 0.5) is 0 Å². The molecule has 1 aromatic rings. The molecule has 0 aromatic heterocycles. The van der Waals surface area contributed by atoms with Crippen molar-refractivity contribution in [2.24, 2.45) is 11.7 Å². The van der Waals surface area contributed by atoms with E-state index in [0.29, 0.717) is 5.92 Å². The third-order valence-corrected chi connectivity index (χ3v) is 3.84. The molecule has 0 saturated heterocycles. The number of nitrogens with two attached hydrogens (primary N) is 1. The van der Waals surface area contributed by atoms with E-state index in [4.69, 9.17) is 22.1 Å². The molecule has 0 aliphatic carbocycles. The van der Waals surface area contributed by atoms with E-state index in [2.05, 4.69) is 27.7 Å². The van der Waals surface area contributed by atoms with Gasteiger partial charge in [0, 0.05) is 5.02 Å². The number of benzene rings is 1. The molecule has 2 nitrogen and oxygen atoms in total. The lowest BCUT2D eigenvalue weighted by Gasteiger charge is -2.20. The zero-order valence-electron chi connectivity index (χ0n) is 12.6. The topological polar surface area (TPSA) is 35.2 Å². The van der Waals surface area contributed by atoms with Crippen LogP contribution >= 0.6 is 11.6 Å². The fraction of sp³-hybridized carbons (Fsp3) is 0.625. The highest BCUT2D eigenvalue weighted by atomic mass is 35.5. The Morgan fingerprint density at radius 1 is 1.37 bits per heavy atom. The summed E-state index contributed by atoms with van der Waals surface area (Å²) in [5.74, 6) is 1.57. The zero-order chi connectivity index (χ0) is 14.4. The Balaban J connectivity index is 3.09. The summed E-state index contributed by atoms with van der Waals surface area (Å²) in [5.41, 5.74) is 9.16. The van der Waals surface area contributed by atoms with Gasteiger partial charge < -0.3 is 10.5 Å². The van der Waals surface area contributed by atoms with Gasteiger partial charge in [0.2, 0.25) is 0 Å². The van der Waals surface area contributed by atoms with Gasteiger partial charge in [-0.1, -0.05) is 25.4 Å². The largest absolute Gasteiger partial charge is 0.493 e. The third kappa shape index (κ3) is 4.39. The number of aryl methyl sites for hydroxylation is 1. The second kappa shape index (κ2) is 7.76. The molecule has 1 atom stereocenters. The SMILES string of the molecule is CCCOc1c(C)cc(Cl)c(C)c1CC(C)CCN. The van der Waals surface area contributed by atoms with Gasteiger partial charge in [-0.2, -0.15) is 0 Å². The minimum absolute atomic E-state index is 0.547. The van der Waals surface area contributed by atoms with Gasteiger partial charge in [0.1, 0.15) is 5.75 Å². The first-order valence-electron chi connectivity index (χ1n) is 7.12. The summed E-state index contributed by atoms with van der Waals surface area (Å²) in [6.45, 7) is 9.96. The molecule has 0 amide bonds. The molecule has 108 valence electrons. The van der Waals surface area contributed by atoms with Gasteiger partial charge in [-0.15, -0.1) is 0 Å². The molecule has 1 rings (SSSR count). The molecule has 0 fully saturated rings. The Kier molecular flexibility index (Phi) is 6.67. The summed E-state index contributed by atoms with van der Waals surface area (Å²) in [6, 6.07) is 2.00. The van der Waals surface area contributed by atoms with E-state index < -0.39 is 0 Å². The van der Waals surface area contributed by atoms with Crippen molar-refractivity contribution in [3.63, 3.8) is 0 Å². The highest BCUT2D eigenvalue weighted by Gasteiger charge is 2.16. The van der Waals surface area contributed by atoms with Crippen LogP contribution in [0.3, 0.4) is 0 Å². The van der Waals surface area contributed by atoms with E-state index in [1.54, 1.807) is 0 Å². The zero-order valence-corrected chi connectivity index (χ0v) is 13.3. The monoisotopic (exact) mass is 283 g/mol. The molecule has 1 unspecified atom stereocenters. The van der Waals surface area contributed by atoms with Crippen LogP contribution in [0.25, 0.3) is 0 Å². The van der Waals surface area contributed by atoms with Crippen LogP contribution in [0.2, 0.25) is 5.02 Å². The van der Waals surface area contributed by atoms with Crippen LogP contribution in [-0.2, 0) is 6.42 Å². The Morgan fingerprint density at radius 2 is 2.05 bits per heavy atom. The Labute approximate surface area is 122 Å². The van der Waals surface area contributed by atoms with Gasteiger partial charge in [-0.25, -0.2) is 0 Å². The van der Waals surface area contributed by atoms with Crippen molar-refractivity contribution in [2.45, 2.75) is 47.0 Å². The van der Waals surface area contributed by atoms with Gasteiger partial charge >= 0.3 is 0 Å². The summed E-state index contributed by atoms with van der Waals surface area (Å²) >= 11 is 6.31. The predicted molar refractivity (Wildman–Crippen MR) is 83.3 cm³/mol. The van der Waals surface area contributed by atoms with E-state index >= 15 is 0 Å². The standard InChI is InChI=1S/C16H26ClNO/c1-5-8-19-16-12(3)10-15(17)13(4)14(16)9-11(2)6-7-18/h10-11H,5-9,18H2,1-4H3. The average Bonchev–Trinajstić information content (AvgIpc) is 2.35. The lowest BCUT2D eigenvalue weighted by molar-refractivity contribution is 0.310. The van der Waals surface area contributed by atoms with Crippen LogP contribution in [0.15, 0.2) is 6.07 Å². The third-order valence-electron chi connectivity index (χ3n) is 3.45. The lowest BCUT2D eigenvalue weighted by Crippen LogP contribution is -2.11. The highest BCUT2D eigenvalue weighted by Crippen LogP contribution is 2.34. The maximum absolute atomic E-state index is 6.31. The molecular formula is C16H26ClNO. The molecule has 0 heterocycles. The summed E-state index contributed by atoms with van der Waals surface area (Å²) in [4.78, 5) is 0. The quantitative estimate of drug-likeness (QED) is 0.811. The van der Waals surface area contributed by atoms with Crippen molar-refractivity contribution >= 4 is 11.6 Å². The minimum Gasteiger partial charge on any atom is -0.493 e. The fourth-order valence-corrected chi connectivity index (χ4v) is 2.58. The Hall–Kier alpha value is -0.730. The molecule has 0 bridgehead atoms. The maximum atomic E-state index is 6.31. The normalized spacial score (nSPS) is 12.5. The Bertz CT molecular complexity index is 418. The second-order valence-corrected chi connectivity index (χ2v) is 5.75. The molecule has 3 heteroatoms. The summed E-state index contributed by atoms with van der Waals surface area (Å²) in [6.07, 6.45) is 3.01. The van der Waals surface area contributed by atoms with Gasteiger partial charge in [-0.05, 0) is 68.3 Å². The molecule has 19 heavy (non-hydrogen) atoms. The first-order chi connectivity index (χ1) is 9.01. The molecule has 0 spiro atoms. The fourth-order valence-electron chi connectivity index (χ4n) is 2.30. The van der Waals surface area contributed by atoms with Crippen LogP contribution in [-0.4, -0.2) is 13.2 Å². The van der Waals surface area contributed by atoms with Crippen molar-refractivity contribution in [2.75, 3.05) is 13.2 Å². The van der Waals surface area contributed by atoms with E-state index in [9.17, 15) is 0 Å². The number of ether oxygens (including phenoxy) is 1. The number of halogens is 1. The molecule has 0 radical (unpaired) electrons. The first-order valence-corrected chi connectivity index (χ1v) is 7.50. The van der Waals surface area contributed by atoms with Crippen LogP contribution in [0.1, 0.15) is 43.4 Å². The minimum atomic E-state index is 0.547. The molecule has 0 aliphatic heterocycles. The smallest absolute Gasteiger partial charge is 0.125 e. The van der Waals surface area contributed by atoms with Crippen LogP contribution in [0, 0.1) is 19.8 Å². The van der Waals surface area contributed by atoms with E-state index in [1.807, 2.05) is 6.07 Å². The predicted octanol–water partition coefficient (Wildman–Crippen LogP) is 4.27. The maximum Gasteiger partial charge on any atom is 0.125 e. The van der Waals surface area contributed by atoms with E-state index in [1.165, 1.54) is 5.56 Å². The Morgan fingerprint density at radius 3 is 2.63 bits per heavy atom. The number of rotatable bonds is 7. The van der Waals surface area contributed by atoms with Crippen molar-refractivity contribution in [1.82, 2.24) is 0 Å². The molecule has 0 saturated carbocycles. The summed E-state index contributed by atoms with van der Waals surface area (Å²) < 4.78 is 5.94. The van der Waals surface area contributed by atoms with Crippen LogP contribution in [0.5, 0.6) is 5.75 Å². The second-order valence-electron chi connectivity index (χ2n) is 5.34. The van der Waals surface area contributed by atoms with Crippen molar-refractivity contribution < 1.29 is 4.74 Å². The summed E-state index contributed by atoms with van der Waals surface area (Å²) in [7, 11) is 0. The van der Waals surface area contributed by atoms with E-state index in [0.717, 1.165) is 54.3 Å². The summed E-state index contributed by atoms with van der Waals surface area (Å²) in [5, 5.41) is 0.830. The van der Waals surface area contributed by atoms with Crippen molar-refractivity contribution in [1.29, 1.82) is 0 Å². The average molecular weight is 284 g/mol.